The average Bonchev–Trinajstić information content (AvgIpc) is 1.86. The summed E-state index contributed by atoms with van der Waals surface area (Å²) in [5.74, 6) is -1.04. The van der Waals surface area contributed by atoms with Crippen LogP contribution in [0.15, 0.2) is 0 Å². The van der Waals surface area contributed by atoms with Crippen LogP contribution in [0.1, 0.15) is 6.92 Å². The number of hydrogen-bond donors (Lipinski definition) is 2. The molecule has 0 aromatic heterocycles. The van der Waals surface area contributed by atoms with Crippen molar-refractivity contribution in [2.75, 3.05) is 20.3 Å². The molecule has 0 radical (unpaired) electrons. The van der Waals surface area contributed by atoms with Crippen LogP contribution >= 0.6 is 7.60 Å². The predicted octanol–water partition coefficient (Wildman–Crippen LogP) is 0.173. The molecule has 0 spiro atoms. The van der Waals surface area contributed by atoms with Gasteiger partial charge in [0.1, 0.15) is 0 Å². The van der Waals surface area contributed by atoms with Gasteiger partial charge in [0.2, 0.25) is 0 Å². The highest BCUT2D eigenvalue weighted by Crippen LogP contribution is 2.41. The van der Waals surface area contributed by atoms with Crippen molar-refractivity contribution in [3.8, 4) is 0 Å². The van der Waals surface area contributed by atoms with E-state index in [0.717, 1.165) is 0 Å². The van der Waals surface area contributed by atoms with Crippen molar-refractivity contribution in [3.63, 3.8) is 0 Å². The summed E-state index contributed by atoms with van der Waals surface area (Å²) < 4.78 is 19.8. The molecule has 6 heteroatoms. The Morgan fingerprint density at radius 1 is 1.45 bits per heavy atom. The Morgan fingerprint density at radius 3 is 2.36 bits per heavy atom. The first-order valence-electron chi connectivity index (χ1n) is 3.14. The molecule has 0 saturated carbocycles. The van der Waals surface area contributed by atoms with Crippen LogP contribution in [0.5, 0.6) is 0 Å². The van der Waals surface area contributed by atoms with E-state index in [4.69, 9.17) is 14.5 Å². The summed E-state index contributed by atoms with van der Waals surface area (Å²) in [7, 11) is -2.58. The number of ether oxygens (including phenoxy) is 2. The van der Waals surface area contributed by atoms with Crippen LogP contribution < -0.4 is 0 Å². The van der Waals surface area contributed by atoms with Crippen molar-refractivity contribution in [3.05, 3.63) is 0 Å². The van der Waals surface area contributed by atoms with E-state index in [-0.39, 0.29) is 6.61 Å². The first kappa shape index (κ1) is 11.1. The van der Waals surface area contributed by atoms with E-state index in [9.17, 15) is 4.57 Å². The molecule has 0 aliphatic heterocycles. The molecule has 0 amide bonds. The van der Waals surface area contributed by atoms with Crippen LogP contribution in [-0.4, -0.2) is 36.0 Å². The van der Waals surface area contributed by atoms with Gasteiger partial charge in [-0.05, 0) is 6.92 Å². The molecule has 0 heterocycles. The molecule has 0 aromatic rings. The zero-order chi connectivity index (χ0) is 8.91. The SMILES string of the molecule is COCCOC(C)P(=O)(O)O. The standard InChI is InChI=1S/C5H13O5P/c1-5(11(6,7)8)10-4-3-9-2/h5H,3-4H2,1-2H3,(H2,6,7,8). The normalized spacial score (nSPS) is 14.9. The summed E-state index contributed by atoms with van der Waals surface area (Å²) in [4.78, 5) is 17.1. The highest BCUT2D eigenvalue weighted by atomic mass is 31.2. The molecule has 0 fully saturated rings. The van der Waals surface area contributed by atoms with Crippen LogP contribution in [0.2, 0.25) is 0 Å². The smallest absolute Gasteiger partial charge is 0.353 e. The van der Waals surface area contributed by atoms with Gasteiger partial charge < -0.3 is 19.3 Å². The Hall–Kier alpha value is 0.0700. The lowest BCUT2D eigenvalue weighted by Gasteiger charge is -2.13. The molecule has 11 heavy (non-hydrogen) atoms. The van der Waals surface area contributed by atoms with Crippen molar-refractivity contribution in [2.45, 2.75) is 12.8 Å². The number of hydrogen-bond acceptors (Lipinski definition) is 3. The topological polar surface area (TPSA) is 76.0 Å². The molecule has 5 nitrogen and oxygen atoms in total. The largest absolute Gasteiger partial charge is 0.382 e. The molecule has 0 rings (SSSR count). The minimum absolute atomic E-state index is 0.197. The molecule has 1 unspecified atom stereocenters. The maximum atomic E-state index is 10.5. The van der Waals surface area contributed by atoms with Crippen molar-refractivity contribution >= 4 is 7.60 Å². The number of methoxy groups -OCH3 is 1. The lowest BCUT2D eigenvalue weighted by molar-refractivity contribution is 0.0494. The fourth-order valence-electron chi connectivity index (χ4n) is 0.399. The molecule has 0 saturated heterocycles. The van der Waals surface area contributed by atoms with Gasteiger partial charge in [-0.25, -0.2) is 0 Å². The molecule has 0 aromatic carbocycles. The molecule has 0 aliphatic rings. The summed E-state index contributed by atoms with van der Waals surface area (Å²) in [6.45, 7) is 1.86. The van der Waals surface area contributed by atoms with Crippen molar-refractivity contribution < 1.29 is 23.8 Å². The second kappa shape index (κ2) is 4.85. The third kappa shape index (κ3) is 5.35. The molecule has 1 atom stereocenters. The van der Waals surface area contributed by atoms with Crippen LogP contribution in [-0.2, 0) is 14.0 Å². The Labute approximate surface area is 65.5 Å². The lowest BCUT2D eigenvalue weighted by Crippen LogP contribution is -2.12. The van der Waals surface area contributed by atoms with E-state index in [0.29, 0.717) is 6.61 Å². The van der Waals surface area contributed by atoms with Gasteiger partial charge in [0.05, 0.1) is 13.2 Å². The van der Waals surface area contributed by atoms with Crippen molar-refractivity contribution in [1.29, 1.82) is 0 Å². The summed E-state index contributed by atoms with van der Waals surface area (Å²) >= 11 is 0. The molecule has 2 N–H and O–H groups in total. The first-order valence-corrected chi connectivity index (χ1v) is 4.82. The summed E-state index contributed by atoms with van der Waals surface area (Å²) in [6, 6.07) is 0. The van der Waals surface area contributed by atoms with Gasteiger partial charge in [-0.3, -0.25) is 4.57 Å². The monoisotopic (exact) mass is 184 g/mol. The zero-order valence-corrected chi connectivity index (χ0v) is 7.45. The van der Waals surface area contributed by atoms with E-state index in [1.165, 1.54) is 14.0 Å². The predicted molar refractivity (Wildman–Crippen MR) is 39.3 cm³/mol. The lowest BCUT2D eigenvalue weighted by atomic mass is 10.7. The third-order valence-electron chi connectivity index (χ3n) is 1.12. The van der Waals surface area contributed by atoms with Crippen LogP contribution in [0.3, 0.4) is 0 Å². The third-order valence-corrected chi connectivity index (χ3v) is 2.22. The second-order valence-electron chi connectivity index (χ2n) is 2.05. The van der Waals surface area contributed by atoms with Gasteiger partial charge in [-0.2, -0.15) is 0 Å². The molecule has 68 valence electrons. The van der Waals surface area contributed by atoms with E-state index >= 15 is 0 Å². The molecular formula is C5H13O5P. The Morgan fingerprint density at radius 2 is 2.00 bits per heavy atom. The van der Waals surface area contributed by atoms with Gasteiger partial charge in [0.15, 0.2) is 5.85 Å². The highest BCUT2D eigenvalue weighted by molar-refractivity contribution is 7.52. The van der Waals surface area contributed by atoms with E-state index in [1.807, 2.05) is 0 Å². The van der Waals surface area contributed by atoms with Crippen molar-refractivity contribution in [1.82, 2.24) is 0 Å². The van der Waals surface area contributed by atoms with Gasteiger partial charge >= 0.3 is 7.60 Å². The molecule has 0 aliphatic carbocycles. The van der Waals surface area contributed by atoms with Crippen LogP contribution in [0, 0.1) is 0 Å². The summed E-state index contributed by atoms with van der Waals surface area (Å²) in [5.41, 5.74) is 0. The van der Waals surface area contributed by atoms with E-state index in [2.05, 4.69) is 4.74 Å². The van der Waals surface area contributed by atoms with Crippen LogP contribution in [0.4, 0.5) is 0 Å². The maximum absolute atomic E-state index is 10.5. The Kier molecular flexibility index (Phi) is 4.88. The Bertz CT molecular complexity index is 142. The highest BCUT2D eigenvalue weighted by Gasteiger charge is 2.23. The molecular weight excluding hydrogens is 171 g/mol. The average molecular weight is 184 g/mol. The minimum atomic E-state index is -4.07. The second-order valence-corrected chi connectivity index (χ2v) is 3.96. The fraction of sp³-hybridized carbons (Fsp3) is 1.00. The molecule has 0 bridgehead atoms. The Balaban J connectivity index is 3.53. The number of rotatable bonds is 5. The van der Waals surface area contributed by atoms with Gasteiger partial charge in [-0.15, -0.1) is 0 Å². The van der Waals surface area contributed by atoms with E-state index in [1.54, 1.807) is 0 Å². The van der Waals surface area contributed by atoms with E-state index < -0.39 is 13.4 Å². The van der Waals surface area contributed by atoms with Crippen LogP contribution in [0.25, 0.3) is 0 Å². The first-order chi connectivity index (χ1) is 4.98. The van der Waals surface area contributed by atoms with Gasteiger partial charge in [0, 0.05) is 7.11 Å². The fourth-order valence-corrected chi connectivity index (χ4v) is 0.699. The maximum Gasteiger partial charge on any atom is 0.353 e. The quantitative estimate of drug-likeness (QED) is 0.470. The van der Waals surface area contributed by atoms with Gasteiger partial charge in [-0.1, -0.05) is 0 Å². The summed E-state index contributed by atoms with van der Waals surface area (Å²) in [6.07, 6.45) is 0. The zero-order valence-electron chi connectivity index (χ0n) is 6.56. The summed E-state index contributed by atoms with van der Waals surface area (Å²) in [5, 5.41) is 0. The minimum Gasteiger partial charge on any atom is -0.382 e. The van der Waals surface area contributed by atoms with Gasteiger partial charge in [0.25, 0.3) is 0 Å². The van der Waals surface area contributed by atoms with Crippen molar-refractivity contribution in [2.24, 2.45) is 0 Å².